The average Bonchev–Trinajstić information content (AvgIpc) is 3.50. The van der Waals surface area contributed by atoms with E-state index < -0.39 is 53.8 Å². The van der Waals surface area contributed by atoms with E-state index in [1.165, 1.54) is 41.2 Å². The summed E-state index contributed by atoms with van der Waals surface area (Å²) in [7, 11) is 0. The minimum absolute atomic E-state index is 0.0575. The van der Waals surface area contributed by atoms with Crippen molar-refractivity contribution in [3.05, 3.63) is 83.4 Å². The van der Waals surface area contributed by atoms with Crippen LogP contribution >= 0.6 is 0 Å². The predicted molar refractivity (Wildman–Crippen MR) is 178 cm³/mol. The van der Waals surface area contributed by atoms with Gasteiger partial charge in [0.2, 0.25) is 17.7 Å². The average molecular weight is 696 g/mol. The Bertz CT molecular complexity index is 1570. The molecular weight excluding hydrogens is 651 g/mol. The highest BCUT2D eigenvalue weighted by atomic mass is 19.4. The first-order valence-electron chi connectivity index (χ1n) is 17.5. The third-order valence-corrected chi connectivity index (χ3v) is 10.4. The maximum Gasteiger partial charge on any atom is 0.416 e. The van der Waals surface area contributed by atoms with Gasteiger partial charge in [-0.05, 0) is 69.0 Å². The SMILES string of the molecule is CC=C[C@@H]1[C@H](N2C(=O)OC[C@@H]2c2ccccc2)C(=O)N1[C@H](CC(=O)N1CCC(N2CCCCC2)CC1)C(=O)NCc1cccc(C(F)(F)F)c1. The Labute approximate surface area is 290 Å². The van der Waals surface area contributed by atoms with Crippen LogP contribution in [0.25, 0.3) is 0 Å². The Morgan fingerprint density at radius 1 is 0.980 bits per heavy atom. The van der Waals surface area contributed by atoms with Gasteiger partial charge in [-0.2, -0.15) is 13.2 Å². The van der Waals surface area contributed by atoms with Gasteiger partial charge in [0.25, 0.3) is 0 Å². The van der Waals surface area contributed by atoms with Gasteiger partial charge < -0.3 is 24.8 Å². The molecule has 0 unspecified atom stereocenters. The molecule has 4 heterocycles. The van der Waals surface area contributed by atoms with Gasteiger partial charge in [0, 0.05) is 25.7 Å². The van der Waals surface area contributed by atoms with Gasteiger partial charge in [-0.1, -0.05) is 61.0 Å². The van der Waals surface area contributed by atoms with E-state index in [1.807, 2.05) is 30.3 Å². The zero-order valence-corrected chi connectivity index (χ0v) is 28.2. The van der Waals surface area contributed by atoms with Crippen LogP contribution in [0.3, 0.4) is 0 Å². The van der Waals surface area contributed by atoms with Crippen LogP contribution in [0.2, 0.25) is 0 Å². The molecule has 2 aromatic rings. The lowest BCUT2D eigenvalue weighted by molar-refractivity contribution is -0.164. The highest BCUT2D eigenvalue weighted by molar-refractivity contribution is 5.99. The molecule has 1 N–H and O–H groups in total. The van der Waals surface area contributed by atoms with Crippen LogP contribution in [0.4, 0.5) is 18.0 Å². The number of piperidine rings is 2. The minimum atomic E-state index is -4.55. The molecule has 4 aliphatic heterocycles. The maximum absolute atomic E-state index is 14.1. The van der Waals surface area contributed by atoms with Crippen LogP contribution in [0.15, 0.2) is 66.7 Å². The van der Waals surface area contributed by atoms with Gasteiger partial charge >= 0.3 is 12.3 Å². The van der Waals surface area contributed by atoms with Crippen molar-refractivity contribution in [2.75, 3.05) is 32.8 Å². The largest absolute Gasteiger partial charge is 0.447 e. The molecule has 0 aromatic heterocycles. The summed E-state index contributed by atoms with van der Waals surface area (Å²) >= 11 is 0. The van der Waals surface area contributed by atoms with Gasteiger partial charge in [0.1, 0.15) is 18.7 Å². The third-order valence-electron chi connectivity index (χ3n) is 10.4. The molecule has 0 saturated carbocycles. The predicted octanol–water partition coefficient (Wildman–Crippen LogP) is 4.91. The van der Waals surface area contributed by atoms with E-state index in [2.05, 4.69) is 10.2 Å². The van der Waals surface area contributed by atoms with Gasteiger partial charge in [-0.15, -0.1) is 0 Å². The number of ether oxygens (including phenoxy) is 1. The van der Waals surface area contributed by atoms with Gasteiger partial charge in [0.05, 0.1) is 24.1 Å². The normalized spacial score (nSPS) is 24.3. The molecule has 4 aliphatic rings. The van der Waals surface area contributed by atoms with E-state index in [4.69, 9.17) is 4.74 Å². The van der Waals surface area contributed by atoms with Crippen LogP contribution in [0.5, 0.6) is 0 Å². The first kappa shape index (κ1) is 35.4. The molecule has 50 heavy (non-hydrogen) atoms. The first-order chi connectivity index (χ1) is 24.1. The van der Waals surface area contributed by atoms with Gasteiger partial charge in [0.15, 0.2) is 0 Å². The number of carbonyl (C=O) groups excluding carboxylic acids is 4. The van der Waals surface area contributed by atoms with E-state index in [9.17, 15) is 32.3 Å². The standard InChI is InChI=1S/C37H44F3N5O5/c1-2-10-29-33(45-31(24-50-36(45)49)26-12-5-3-6-13-26)35(48)44(29)30(34(47)41-23-25-11-9-14-27(21-25)37(38,39)40)22-32(46)43-19-15-28(16-20-43)42-17-7-4-8-18-42/h2-3,5-6,9-14,21,28-31,33H,4,7-8,15-20,22-24H2,1H3,(H,41,47)/t29-,30-,31-,33+/m1/s1. The number of likely N-dealkylation sites (tertiary alicyclic amines) is 3. The number of β-lactam (4-membered cyclic amide) rings is 1. The molecule has 2 aromatic carbocycles. The zero-order chi connectivity index (χ0) is 35.4. The molecular formula is C37H44F3N5O5. The summed E-state index contributed by atoms with van der Waals surface area (Å²) in [6.45, 7) is 4.78. The first-order valence-corrected chi connectivity index (χ1v) is 17.5. The number of allylic oxidation sites excluding steroid dienone is 1. The van der Waals surface area contributed by atoms with Crippen molar-refractivity contribution in [3.8, 4) is 0 Å². The van der Waals surface area contributed by atoms with Crippen LogP contribution < -0.4 is 5.32 Å². The van der Waals surface area contributed by atoms with Crippen LogP contribution in [-0.2, 0) is 31.8 Å². The second-order valence-electron chi connectivity index (χ2n) is 13.5. The summed E-state index contributed by atoms with van der Waals surface area (Å²) in [5.74, 6) is -1.45. The number of nitrogens with zero attached hydrogens (tertiary/aromatic N) is 4. The fourth-order valence-corrected chi connectivity index (χ4v) is 7.77. The van der Waals surface area contributed by atoms with Crippen molar-refractivity contribution < 1.29 is 37.1 Å². The summed E-state index contributed by atoms with van der Waals surface area (Å²) in [6, 6.07) is 10.8. The Balaban J connectivity index is 1.22. The highest BCUT2D eigenvalue weighted by Crippen LogP contribution is 2.39. The van der Waals surface area contributed by atoms with E-state index in [1.54, 1.807) is 24.0 Å². The van der Waals surface area contributed by atoms with Crippen LogP contribution in [0.1, 0.15) is 68.2 Å². The molecule has 0 aliphatic carbocycles. The molecule has 268 valence electrons. The number of carbonyl (C=O) groups is 4. The molecule has 4 amide bonds. The molecule has 0 spiro atoms. The fourth-order valence-electron chi connectivity index (χ4n) is 7.77. The lowest BCUT2D eigenvalue weighted by Gasteiger charge is -2.52. The number of nitrogens with one attached hydrogen (secondary N) is 1. The number of cyclic esters (lactones) is 1. The van der Waals surface area contributed by atoms with E-state index >= 15 is 0 Å². The Hall–Kier alpha value is -4.39. The Morgan fingerprint density at radius 2 is 1.70 bits per heavy atom. The Morgan fingerprint density at radius 3 is 2.38 bits per heavy atom. The number of halogens is 3. The summed E-state index contributed by atoms with van der Waals surface area (Å²) in [4.78, 5) is 61.9. The Kier molecular flexibility index (Phi) is 10.8. The lowest BCUT2D eigenvalue weighted by Crippen LogP contribution is -2.74. The molecule has 4 atom stereocenters. The summed E-state index contributed by atoms with van der Waals surface area (Å²) < 4.78 is 45.5. The number of amides is 4. The van der Waals surface area contributed by atoms with Crippen LogP contribution in [0, 0.1) is 0 Å². The van der Waals surface area contributed by atoms with Crippen molar-refractivity contribution in [2.24, 2.45) is 0 Å². The molecule has 13 heteroatoms. The number of hydrogen-bond acceptors (Lipinski definition) is 6. The second-order valence-corrected chi connectivity index (χ2v) is 13.5. The van der Waals surface area contributed by atoms with Crippen molar-refractivity contribution >= 4 is 23.8 Å². The summed E-state index contributed by atoms with van der Waals surface area (Å²) in [5.41, 5.74) is 0.173. The lowest BCUT2D eigenvalue weighted by atomic mass is 9.87. The monoisotopic (exact) mass is 695 g/mol. The third kappa shape index (κ3) is 7.52. The van der Waals surface area contributed by atoms with Crippen molar-refractivity contribution in [1.29, 1.82) is 0 Å². The maximum atomic E-state index is 14.1. The number of alkyl halides is 3. The number of rotatable bonds is 10. The molecule has 0 bridgehead atoms. The number of hydrogen-bond donors (Lipinski definition) is 1. The zero-order valence-electron chi connectivity index (χ0n) is 28.2. The summed E-state index contributed by atoms with van der Waals surface area (Å²) in [6.07, 6.45) is 3.18. The molecule has 4 fully saturated rings. The van der Waals surface area contributed by atoms with Gasteiger partial charge in [-0.25, -0.2) is 4.79 Å². The van der Waals surface area contributed by atoms with Crippen molar-refractivity contribution in [1.82, 2.24) is 24.9 Å². The highest BCUT2D eigenvalue weighted by Gasteiger charge is 2.58. The number of benzene rings is 2. The van der Waals surface area contributed by atoms with E-state index in [0.717, 1.165) is 43.6 Å². The van der Waals surface area contributed by atoms with E-state index in [-0.39, 0.29) is 31.0 Å². The molecule has 0 radical (unpaired) electrons. The smallest absolute Gasteiger partial charge is 0.416 e. The minimum Gasteiger partial charge on any atom is -0.447 e. The van der Waals surface area contributed by atoms with Crippen molar-refractivity contribution in [3.63, 3.8) is 0 Å². The molecule has 10 nitrogen and oxygen atoms in total. The van der Waals surface area contributed by atoms with Crippen molar-refractivity contribution in [2.45, 2.75) is 88.4 Å². The van der Waals surface area contributed by atoms with E-state index in [0.29, 0.717) is 19.1 Å². The van der Waals surface area contributed by atoms with Gasteiger partial charge in [-0.3, -0.25) is 19.3 Å². The fraction of sp³-hybridized carbons (Fsp3) is 0.514. The van der Waals surface area contributed by atoms with Crippen LogP contribution in [-0.4, -0.2) is 100 Å². The topological polar surface area (TPSA) is 102 Å². The second kappa shape index (κ2) is 15.2. The molecule has 6 rings (SSSR count). The summed E-state index contributed by atoms with van der Waals surface area (Å²) in [5, 5.41) is 2.69. The quantitative estimate of drug-likeness (QED) is 0.280. The molecule has 4 saturated heterocycles.